The second kappa shape index (κ2) is 3.42. The van der Waals surface area contributed by atoms with Crippen LogP contribution in [0.2, 0.25) is 0 Å². The maximum Gasteiger partial charge on any atom is 0.148 e. The van der Waals surface area contributed by atoms with Crippen LogP contribution in [0.4, 0.5) is 5.82 Å². The number of hydrogen-bond donors (Lipinski definition) is 1. The summed E-state index contributed by atoms with van der Waals surface area (Å²) in [7, 11) is 0. The number of nitrogens with two attached hydrogens (primary N) is 1. The number of aryl methyl sites for hydroxylation is 1. The molecule has 0 aliphatic carbocycles. The van der Waals surface area contributed by atoms with Crippen LogP contribution >= 0.6 is 0 Å². The van der Waals surface area contributed by atoms with Gasteiger partial charge in [-0.05, 0) is 19.1 Å². The van der Waals surface area contributed by atoms with Crippen LogP contribution in [0, 0.1) is 18.3 Å². The highest BCUT2D eigenvalue weighted by Crippen LogP contribution is 2.11. The van der Waals surface area contributed by atoms with Crippen molar-refractivity contribution in [1.29, 1.82) is 5.26 Å². The van der Waals surface area contributed by atoms with Gasteiger partial charge in [0, 0.05) is 11.8 Å². The van der Waals surface area contributed by atoms with E-state index in [0.29, 0.717) is 11.5 Å². The summed E-state index contributed by atoms with van der Waals surface area (Å²) in [5.41, 5.74) is 7.72. The summed E-state index contributed by atoms with van der Waals surface area (Å²) in [5.74, 6) is 0.499. The first kappa shape index (κ1) is 9.21. The Kier molecular flexibility index (Phi) is 2.10. The van der Waals surface area contributed by atoms with Gasteiger partial charge < -0.3 is 5.73 Å². The highest BCUT2D eigenvalue weighted by Gasteiger charge is 2.03. The Morgan fingerprint density at radius 3 is 2.73 bits per heavy atom. The number of nitrogens with zero attached hydrogens (tertiary/aromatic N) is 4. The molecular weight excluding hydrogens is 190 g/mol. The molecule has 2 heterocycles. The molecule has 0 aliphatic rings. The minimum absolute atomic E-state index is 0.385. The van der Waals surface area contributed by atoms with Crippen LogP contribution < -0.4 is 5.73 Å². The van der Waals surface area contributed by atoms with Gasteiger partial charge in [-0.1, -0.05) is 0 Å². The smallest absolute Gasteiger partial charge is 0.148 e. The largest absolute Gasteiger partial charge is 0.382 e. The van der Waals surface area contributed by atoms with E-state index in [1.54, 1.807) is 23.0 Å². The molecule has 0 bridgehead atoms. The van der Waals surface area contributed by atoms with Crippen LogP contribution in [0.15, 0.2) is 24.5 Å². The van der Waals surface area contributed by atoms with Gasteiger partial charge in [0.05, 0.1) is 11.9 Å². The van der Waals surface area contributed by atoms with Gasteiger partial charge in [0.25, 0.3) is 0 Å². The lowest BCUT2D eigenvalue weighted by atomic mass is 10.3. The van der Waals surface area contributed by atoms with E-state index in [2.05, 4.69) is 10.1 Å². The van der Waals surface area contributed by atoms with Crippen LogP contribution in [0.5, 0.6) is 0 Å². The quantitative estimate of drug-likeness (QED) is 0.743. The summed E-state index contributed by atoms with van der Waals surface area (Å²) in [4.78, 5) is 3.95. The van der Waals surface area contributed by atoms with Crippen molar-refractivity contribution in [2.24, 2.45) is 0 Å². The molecule has 2 aromatic rings. The SMILES string of the molecule is Cc1cn(-c2ccc(C#N)nc2)nc1N. The molecule has 2 rings (SSSR count). The second-order valence-corrected chi connectivity index (χ2v) is 3.16. The molecule has 5 nitrogen and oxygen atoms in total. The standard InChI is InChI=1S/C10H9N5/c1-7-6-15(14-10(7)12)9-3-2-8(4-11)13-5-9/h2-3,5-6H,1H3,(H2,12,14). The van der Waals surface area contributed by atoms with Gasteiger partial charge in [0.15, 0.2) is 0 Å². The summed E-state index contributed by atoms with van der Waals surface area (Å²) >= 11 is 0. The van der Waals surface area contributed by atoms with Gasteiger partial charge in [0.1, 0.15) is 17.6 Å². The van der Waals surface area contributed by atoms with Gasteiger partial charge in [-0.25, -0.2) is 9.67 Å². The Morgan fingerprint density at radius 1 is 1.47 bits per heavy atom. The lowest BCUT2D eigenvalue weighted by Gasteiger charge is -1.98. The summed E-state index contributed by atoms with van der Waals surface area (Å²) < 4.78 is 1.64. The van der Waals surface area contributed by atoms with E-state index in [1.165, 1.54) is 0 Å². The molecule has 74 valence electrons. The number of nitriles is 1. The van der Waals surface area contributed by atoms with Crippen molar-refractivity contribution in [3.8, 4) is 11.8 Å². The average Bonchev–Trinajstić information content (AvgIpc) is 2.59. The van der Waals surface area contributed by atoms with Gasteiger partial charge in [-0.15, -0.1) is 0 Å². The first-order valence-corrected chi connectivity index (χ1v) is 4.39. The summed E-state index contributed by atoms with van der Waals surface area (Å²) in [6, 6.07) is 5.37. The van der Waals surface area contributed by atoms with Gasteiger partial charge in [-0.3, -0.25) is 0 Å². The topological polar surface area (TPSA) is 80.5 Å². The number of rotatable bonds is 1. The highest BCUT2D eigenvalue weighted by atomic mass is 15.3. The van der Waals surface area contributed by atoms with Crippen molar-refractivity contribution in [3.63, 3.8) is 0 Å². The molecule has 0 saturated carbocycles. The number of pyridine rings is 1. The normalized spacial score (nSPS) is 9.87. The first-order chi connectivity index (χ1) is 7.20. The fourth-order valence-electron chi connectivity index (χ4n) is 1.19. The predicted octanol–water partition coefficient (Wildman–Crippen LogP) is 1.03. The molecule has 0 aliphatic heterocycles. The zero-order valence-corrected chi connectivity index (χ0v) is 8.18. The highest BCUT2D eigenvalue weighted by molar-refractivity contribution is 5.40. The third-order valence-electron chi connectivity index (χ3n) is 2.06. The number of nitrogen functional groups attached to an aromatic ring is 1. The van der Waals surface area contributed by atoms with Crippen LogP contribution in [0.25, 0.3) is 5.69 Å². The van der Waals surface area contributed by atoms with Crippen molar-refractivity contribution < 1.29 is 0 Å². The van der Waals surface area contributed by atoms with Crippen molar-refractivity contribution in [1.82, 2.24) is 14.8 Å². The van der Waals surface area contributed by atoms with Crippen LogP contribution in [-0.4, -0.2) is 14.8 Å². The van der Waals surface area contributed by atoms with E-state index < -0.39 is 0 Å². The molecule has 0 saturated heterocycles. The molecule has 0 atom stereocenters. The maximum absolute atomic E-state index is 8.59. The fraction of sp³-hybridized carbons (Fsp3) is 0.100. The third kappa shape index (κ3) is 1.65. The molecule has 0 radical (unpaired) electrons. The van der Waals surface area contributed by atoms with Crippen molar-refractivity contribution in [3.05, 3.63) is 35.8 Å². The van der Waals surface area contributed by atoms with Crippen molar-refractivity contribution in [2.45, 2.75) is 6.92 Å². The molecule has 0 aromatic carbocycles. The Bertz CT molecular complexity index is 498. The third-order valence-corrected chi connectivity index (χ3v) is 2.06. The predicted molar refractivity (Wildman–Crippen MR) is 55.2 cm³/mol. The number of hydrogen-bond acceptors (Lipinski definition) is 4. The van der Waals surface area contributed by atoms with E-state index >= 15 is 0 Å². The van der Waals surface area contributed by atoms with E-state index in [9.17, 15) is 0 Å². The number of aromatic nitrogens is 3. The van der Waals surface area contributed by atoms with Gasteiger partial charge >= 0.3 is 0 Å². The molecule has 0 unspecified atom stereocenters. The van der Waals surface area contributed by atoms with Gasteiger partial charge in [0.2, 0.25) is 0 Å². The van der Waals surface area contributed by atoms with E-state index in [-0.39, 0.29) is 0 Å². The molecule has 0 spiro atoms. The van der Waals surface area contributed by atoms with Crippen LogP contribution in [0.1, 0.15) is 11.3 Å². The van der Waals surface area contributed by atoms with E-state index in [4.69, 9.17) is 11.0 Å². The Morgan fingerprint density at radius 2 is 2.27 bits per heavy atom. The molecule has 2 aromatic heterocycles. The Labute approximate surface area is 86.8 Å². The summed E-state index contributed by atoms with van der Waals surface area (Å²) in [6.07, 6.45) is 3.41. The molecule has 2 N–H and O–H groups in total. The second-order valence-electron chi connectivity index (χ2n) is 3.16. The number of anilines is 1. The lowest BCUT2D eigenvalue weighted by molar-refractivity contribution is 0.877. The zero-order chi connectivity index (χ0) is 10.8. The summed E-state index contributed by atoms with van der Waals surface area (Å²) in [5, 5.41) is 12.7. The van der Waals surface area contributed by atoms with Crippen molar-refractivity contribution in [2.75, 3.05) is 5.73 Å². The monoisotopic (exact) mass is 199 g/mol. The Balaban J connectivity index is 2.42. The lowest BCUT2D eigenvalue weighted by Crippen LogP contribution is -1.97. The zero-order valence-electron chi connectivity index (χ0n) is 8.18. The van der Waals surface area contributed by atoms with E-state index in [0.717, 1.165) is 11.3 Å². The summed E-state index contributed by atoms with van der Waals surface area (Å²) in [6.45, 7) is 1.88. The first-order valence-electron chi connectivity index (χ1n) is 4.39. The average molecular weight is 199 g/mol. The fourth-order valence-corrected chi connectivity index (χ4v) is 1.19. The van der Waals surface area contributed by atoms with Crippen LogP contribution in [0.3, 0.4) is 0 Å². The molecule has 15 heavy (non-hydrogen) atoms. The Hall–Kier alpha value is -2.35. The minimum atomic E-state index is 0.385. The minimum Gasteiger partial charge on any atom is -0.382 e. The van der Waals surface area contributed by atoms with Crippen molar-refractivity contribution >= 4 is 5.82 Å². The molecular formula is C10H9N5. The molecule has 0 fully saturated rings. The van der Waals surface area contributed by atoms with Crippen LogP contribution in [-0.2, 0) is 0 Å². The molecule has 0 amide bonds. The molecule has 5 heteroatoms. The van der Waals surface area contributed by atoms with Gasteiger partial charge in [-0.2, -0.15) is 10.4 Å². The maximum atomic E-state index is 8.59. The van der Waals surface area contributed by atoms with E-state index in [1.807, 2.05) is 19.2 Å².